The molecule has 0 heterocycles. The summed E-state index contributed by atoms with van der Waals surface area (Å²) < 4.78 is 1.24. The van der Waals surface area contributed by atoms with Gasteiger partial charge in [0, 0.05) is 16.2 Å². The zero-order chi connectivity index (χ0) is 13.5. The summed E-state index contributed by atoms with van der Waals surface area (Å²) in [6.07, 6.45) is 0.847. The molecule has 0 radical (unpaired) electrons. The number of halogens is 1. The van der Waals surface area contributed by atoms with Crippen LogP contribution in [-0.2, 0) is 13.0 Å². The zero-order valence-corrected chi connectivity index (χ0v) is 12.9. The zero-order valence-electron chi connectivity index (χ0n) is 10.7. The van der Waals surface area contributed by atoms with Crippen LogP contribution >= 0.6 is 22.6 Å². The number of aliphatic hydroxyl groups is 1. The number of nitrogens with one attached hydrogen (secondary N) is 1. The highest BCUT2D eigenvalue weighted by Crippen LogP contribution is 2.09. The maximum atomic E-state index is 9.46. The Morgan fingerprint density at radius 3 is 2.26 bits per heavy atom. The van der Waals surface area contributed by atoms with Gasteiger partial charge in [-0.05, 0) is 52.3 Å². The van der Waals surface area contributed by atoms with E-state index in [9.17, 15) is 5.11 Å². The van der Waals surface area contributed by atoms with Crippen LogP contribution in [0, 0.1) is 3.57 Å². The van der Waals surface area contributed by atoms with E-state index in [0.717, 1.165) is 13.0 Å². The Hall–Kier alpha value is -0.910. The second-order valence-corrected chi connectivity index (χ2v) is 5.82. The topological polar surface area (TPSA) is 32.3 Å². The molecule has 1 unspecified atom stereocenters. The lowest BCUT2D eigenvalue weighted by Crippen LogP contribution is -2.34. The van der Waals surface area contributed by atoms with Gasteiger partial charge in [0.2, 0.25) is 0 Å². The quantitative estimate of drug-likeness (QED) is 0.770. The number of aliphatic hydroxyl groups excluding tert-OH is 1. The van der Waals surface area contributed by atoms with Gasteiger partial charge in [0.25, 0.3) is 0 Å². The maximum absolute atomic E-state index is 9.46. The molecule has 0 saturated carbocycles. The highest BCUT2D eigenvalue weighted by molar-refractivity contribution is 14.1. The lowest BCUT2D eigenvalue weighted by Gasteiger charge is -2.16. The third kappa shape index (κ3) is 4.93. The van der Waals surface area contributed by atoms with Crippen molar-refractivity contribution in [3.8, 4) is 0 Å². The van der Waals surface area contributed by atoms with Crippen LogP contribution in [0.3, 0.4) is 0 Å². The highest BCUT2D eigenvalue weighted by Gasteiger charge is 2.07. The number of rotatable bonds is 6. The maximum Gasteiger partial charge on any atom is 0.0587 e. The first-order valence-corrected chi connectivity index (χ1v) is 7.48. The van der Waals surface area contributed by atoms with E-state index in [1.54, 1.807) is 0 Å². The second-order valence-electron chi connectivity index (χ2n) is 4.58. The third-order valence-electron chi connectivity index (χ3n) is 3.05. The molecule has 3 heteroatoms. The van der Waals surface area contributed by atoms with Crippen LogP contribution in [0.25, 0.3) is 0 Å². The van der Waals surface area contributed by atoms with Crippen LogP contribution in [0.2, 0.25) is 0 Å². The first-order chi connectivity index (χ1) is 9.28. The first-order valence-electron chi connectivity index (χ1n) is 6.40. The minimum atomic E-state index is 0.0975. The summed E-state index contributed by atoms with van der Waals surface area (Å²) in [5.74, 6) is 0. The summed E-state index contributed by atoms with van der Waals surface area (Å²) in [6, 6.07) is 18.8. The van der Waals surface area contributed by atoms with Crippen LogP contribution < -0.4 is 5.32 Å². The Morgan fingerprint density at radius 1 is 0.947 bits per heavy atom. The molecule has 2 N–H and O–H groups in total. The van der Waals surface area contributed by atoms with Gasteiger partial charge in [0.05, 0.1) is 6.61 Å². The van der Waals surface area contributed by atoms with E-state index in [-0.39, 0.29) is 12.6 Å². The Morgan fingerprint density at radius 2 is 1.63 bits per heavy atom. The Labute approximate surface area is 128 Å². The monoisotopic (exact) mass is 367 g/mol. The van der Waals surface area contributed by atoms with Gasteiger partial charge < -0.3 is 10.4 Å². The lowest BCUT2D eigenvalue weighted by molar-refractivity contribution is 0.241. The largest absolute Gasteiger partial charge is 0.395 e. The molecule has 0 aliphatic carbocycles. The normalized spacial score (nSPS) is 12.3. The average Bonchev–Trinajstić information content (AvgIpc) is 2.46. The fourth-order valence-electron chi connectivity index (χ4n) is 1.96. The molecular weight excluding hydrogens is 349 g/mol. The van der Waals surface area contributed by atoms with Crippen LogP contribution in [0.4, 0.5) is 0 Å². The summed E-state index contributed by atoms with van der Waals surface area (Å²) in [5.41, 5.74) is 2.49. The van der Waals surface area contributed by atoms with E-state index in [2.05, 4.69) is 64.3 Å². The van der Waals surface area contributed by atoms with Crippen LogP contribution in [0.15, 0.2) is 54.6 Å². The molecule has 100 valence electrons. The number of hydrogen-bond donors (Lipinski definition) is 2. The predicted molar refractivity (Wildman–Crippen MR) is 87.0 cm³/mol. The average molecular weight is 367 g/mol. The van der Waals surface area contributed by atoms with Gasteiger partial charge in [-0.3, -0.25) is 0 Å². The molecule has 0 fully saturated rings. The van der Waals surface area contributed by atoms with E-state index >= 15 is 0 Å². The Kier molecular flexibility index (Phi) is 5.82. The van der Waals surface area contributed by atoms with Crippen molar-refractivity contribution in [1.29, 1.82) is 0 Å². The van der Waals surface area contributed by atoms with Gasteiger partial charge in [-0.25, -0.2) is 0 Å². The van der Waals surface area contributed by atoms with Gasteiger partial charge in [0.1, 0.15) is 0 Å². The van der Waals surface area contributed by atoms with Gasteiger partial charge in [0.15, 0.2) is 0 Å². The van der Waals surface area contributed by atoms with Crippen molar-refractivity contribution in [2.75, 3.05) is 6.61 Å². The third-order valence-corrected chi connectivity index (χ3v) is 3.77. The van der Waals surface area contributed by atoms with Crippen molar-refractivity contribution in [2.24, 2.45) is 0 Å². The van der Waals surface area contributed by atoms with Crippen LogP contribution in [-0.4, -0.2) is 17.8 Å². The summed E-state index contributed by atoms with van der Waals surface area (Å²) in [5, 5.41) is 12.9. The second kappa shape index (κ2) is 7.62. The summed E-state index contributed by atoms with van der Waals surface area (Å²) in [4.78, 5) is 0. The van der Waals surface area contributed by atoms with Gasteiger partial charge >= 0.3 is 0 Å². The molecule has 2 rings (SSSR count). The Balaban J connectivity index is 1.88. The molecule has 19 heavy (non-hydrogen) atoms. The molecule has 1 atom stereocenters. The highest BCUT2D eigenvalue weighted by atomic mass is 127. The van der Waals surface area contributed by atoms with Crippen molar-refractivity contribution in [1.82, 2.24) is 5.32 Å². The smallest absolute Gasteiger partial charge is 0.0587 e. The van der Waals surface area contributed by atoms with Crippen molar-refractivity contribution in [3.05, 3.63) is 69.3 Å². The molecule has 2 aromatic rings. The van der Waals surface area contributed by atoms with Gasteiger partial charge in [-0.1, -0.05) is 42.5 Å². The van der Waals surface area contributed by atoms with E-state index in [1.165, 1.54) is 14.7 Å². The summed E-state index contributed by atoms with van der Waals surface area (Å²) >= 11 is 2.30. The molecule has 0 bridgehead atoms. The van der Waals surface area contributed by atoms with Crippen molar-refractivity contribution in [3.63, 3.8) is 0 Å². The fourth-order valence-corrected chi connectivity index (χ4v) is 2.32. The summed E-state index contributed by atoms with van der Waals surface area (Å²) in [6.45, 7) is 0.940. The van der Waals surface area contributed by atoms with E-state index in [0.29, 0.717) is 0 Å². The van der Waals surface area contributed by atoms with Crippen LogP contribution in [0.5, 0.6) is 0 Å². The van der Waals surface area contributed by atoms with E-state index in [1.807, 2.05) is 18.2 Å². The van der Waals surface area contributed by atoms with Crippen molar-refractivity contribution < 1.29 is 5.11 Å². The Bertz CT molecular complexity index is 484. The molecule has 0 saturated heterocycles. The molecular formula is C16H18INO. The van der Waals surface area contributed by atoms with Crippen molar-refractivity contribution >= 4 is 22.6 Å². The number of benzene rings is 2. The van der Waals surface area contributed by atoms with Gasteiger partial charge in [-0.2, -0.15) is 0 Å². The summed E-state index contributed by atoms with van der Waals surface area (Å²) in [7, 11) is 0. The van der Waals surface area contributed by atoms with Crippen LogP contribution in [0.1, 0.15) is 11.1 Å². The first kappa shape index (κ1) is 14.5. The van der Waals surface area contributed by atoms with E-state index in [4.69, 9.17) is 0 Å². The lowest BCUT2D eigenvalue weighted by atomic mass is 10.1. The predicted octanol–water partition coefficient (Wildman–Crippen LogP) is 2.98. The minimum absolute atomic E-state index is 0.0975. The molecule has 0 aromatic heterocycles. The molecule has 2 nitrogen and oxygen atoms in total. The molecule has 2 aromatic carbocycles. The molecule has 0 aliphatic rings. The SMILES string of the molecule is OCC(Cc1ccc(I)cc1)NCc1ccccc1. The molecule has 0 aliphatic heterocycles. The minimum Gasteiger partial charge on any atom is -0.395 e. The van der Waals surface area contributed by atoms with Crippen molar-refractivity contribution in [2.45, 2.75) is 19.0 Å². The fraction of sp³-hybridized carbons (Fsp3) is 0.250. The molecule has 0 amide bonds. The van der Waals surface area contributed by atoms with Gasteiger partial charge in [-0.15, -0.1) is 0 Å². The standard InChI is InChI=1S/C16H18INO/c17-15-8-6-13(7-9-15)10-16(12-19)18-11-14-4-2-1-3-5-14/h1-9,16,18-19H,10-12H2. The van der Waals surface area contributed by atoms with E-state index < -0.39 is 0 Å². The molecule has 0 spiro atoms. The number of hydrogen-bond acceptors (Lipinski definition) is 2.